The minimum absolute atomic E-state index is 0.623. The maximum atomic E-state index is 14.5. The molecule has 2 heterocycles. The number of anilines is 2. The SMILES string of the molecule is O=S(=O)(C1C=CC(c2ccccc2NCc2ccccc2)(N2CCOCC2)C=C1)C1C=CC(c2ccccc2NCc2ccccc2)(N2CCOCC2)C=C1. The van der Waals surface area contributed by atoms with Crippen LogP contribution in [-0.4, -0.2) is 81.3 Å². The molecule has 0 aromatic heterocycles. The van der Waals surface area contributed by atoms with E-state index in [9.17, 15) is 8.42 Å². The maximum absolute atomic E-state index is 14.5. The molecule has 0 radical (unpaired) electrons. The van der Waals surface area contributed by atoms with Crippen LogP contribution in [0.4, 0.5) is 11.4 Å². The standard InChI is InChI=1S/C46H50N4O4S/c51-55(52,39-19-23-45(24-20-39,49-27-31-53-32-28-49)41-15-7-9-17-43(41)47-35-37-11-3-1-4-12-37)40-21-25-46(26-22-40,50-29-33-54-34-30-50)42-16-8-10-18-44(42)48-36-38-13-5-2-6-14-38/h1-26,39-40,47-48H,27-36H2. The molecule has 0 bridgehead atoms. The Kier molecular flexibility index (Phi) is 11.2. The monoisotopic (exact) mass is 754 g/mol. The summed E-state index contributed by atoms with van der Waals surface area (Å²) in [5, 5.41) is 5.79. The Morgan fingerprint density at radius 3 is 1.24 bits per heavy atom. The van der Waals surface area contributed by atoms with Crippen LogP contribution in [0.2, 0.25) is 0 Å². The molecular formula is C46H50N4O4S. The molecule has 9 heteroatoms. The zero-order valence-electron chi connectivity index (χ0n) is 31.2. The first-order valence-corrected chi connectivity index (χ1v) is 21.0. The van der Waals surface area contributed by atoms with Crippen LogP contribution in [0.3, 0.4) is 0 Å². The Labute approximate surface area is 325 Å². The molecule has 8 rings (SSSR count). The van der Waals surface area contributed by atoms with E-state index in [-0.39, 0.29) is 0 Å². The number of nitrogens with zero attached hydrogens (tertiary/aromatic N) is 2. The van der Waals surface area contributed by atoms with Crippen LogP contribution >= 0.6 is 0 Å². The van der Waals surface area contributed by atoms with Crippen LogP contribution in [0.15, 0.2) is 158 Å². The summed E-state index contributed by atoms with van der Waals surface area (Å²) in [4.78, 5) is 4.80. The van der Waals surface area contributed by atoms with Crippen LogP contribution in [0, 0.1) is 0 Å². The van der Waals surface area contributed by atoms with Crippen LogP contribution < -0.4 is 10.6 Å². The fraction of sp³-hybridized carbons (Fsp3) is 0.304. The van der Waals surface area contributed by atoms with E-state index in [1.165, 1.54) is 11.1 Å². The van der Waals surface area contributed by atoms with E-state index in [1.807, 2.05) is 72.8 Å². The fourth-order valence-electron chi connectivity index (χ4n) is 8.37. The lowest BCUT2D eigenvalue weighted by atomic mass is 9.82. The first kappa shape index (κ1) is 37.2. The van der Waals surface area contributed by atoms with Gasteiger partial charge in [-0.25, -0.2) is 8.42 Å². The van der Waals surface area contributed by atoms with E-state index in [0.29, 0.717) is 39.5 Å². The van der Waals surface area contributed by atoms with Gasteiger partial charge < -0.3 is 20.1 Å². The molecule has 2 fully saturated rings. The molecule has 0 unspecified atom stereocenters. The number of hydrogen-bond acceptors (Lipinski definition) is 8. The van der Waals surface area contributed by atoms with Crippen molar-refractivity contribution in [2.75, 3.05) is 63.2 Å². The van der Waals surface area contributed by atoms with E-state index in [0.717, 1.165) is 48.7 Å². The Hall–Kier alpha value is -4.77. The Morgan fingerprint density at radius 2 is 0.855 bits per heavy atom. The lowest BCUT2D eigenvalue weighted by molar-refractivity contribution is 0.00625. The van der Waals surface area contributed by atoms with Gasteiger partial charge in [0.25, 0.3) is 0 Å². The first-order chi connectivity index (χ1) is 27.0. The Bertz CT molecular complexity index is 1960. The number of para-hydroxylation sites is 2. The summed E-state index contributed by atoms with van der Waals surface area (Å²) in [5.74, 6) is 0. The highest BCUT2D eigenvalue weighted by Gasteiger charge is 2.43. The predicted octanol–water partition coefficient (Wildman–Crippen LogP) is 7.07. The van der Waals surface area contributed by atoms with Crippen molar-refractivity contribution in [2.24, 2.45) is 0 Å². The molecule has 0 amide bonds. The van der Waals surface area contributed by atoms with E-state index >= 15 is 0 Å². The van der Waals surface area contributed by atoms with Crippen molar-refractivity contribution in [2.45, 2.75) is 34.7 Å². The number of sulfone groups is 1. The third kappa shape index (κ3) is 7.72. The molecule has 2 aliphatic heterocycles. The van der Waals surface area contributed by atoms with Crippen LogP contribution in [0.1, 0.15) is 22.3 Å². The highest BCUT2D eigenvalue weighted by atomic mass is 32.2. The third-order valence-electron chi connectivity index (χ3n) is 11.4. The normalized spacial score (nSPS) is 25.8. The van der Waals surface area contributed by atoms with Crippen molar-refractivity contribution < 1.29 is 17.9 Å². The second kappa shape index (κ2) is 16.5. The first-order valence-electron chi connectivity index (χ1n) is 19.4. The minimum Gasteiger partial charge on any atom is -0.381 e. The van der Waals surface area contributed by atoms with Gasteiger partial charge in [-0.2, -0.15) is 0 Å². The zero-order chi connectivity index (χ0) is 37.6. The summed E-state index contributed by atoms with van der Waals surface area (Å²) in [6.45, 7) is 6.80. The molecule has 284 valence electrons. The van der Waals surface area contributed by atoms with Gasteiger partial charge in [0.15, 0.2) is 9.84 Å². The average Bonchev–Trinajstić information content (AvgIpc) is 3.26. The Morgan fingerprint density at radius 1 is 0.509 bits per heavy atom. The van der Waals surface area contributed by atoms with Gasteiger partial charge in [-0.1, -0.05) is 146 Å². The second-order valence-corrected chi connectivity index (χ2v) is 16.8. The third-order valence-corrected chi connectivity index (χ3v) is 13.5. The molecule has 4 aromatic carbocycles. The highest BCUT2D eigenvalue weighted by Crippen LogP contribution is 2.43. The molecule has 2 saturated heterocycles. The quantitative estimate of drug-likeness (QED) is 0.149. The molecule has 55 heavy (non-hydrogen) atoms. The van der Waals surface area contributed by atoms with Gasteiger partial charge in [0.05, 0.1) is 48.0 Å². The largest absolute Gasteiger partial charge is 0.381 e. The topological polar surface area (TPSA) is 83.1 Å². The molecule has 0 spiro atoms. The summed E-state index contributed by atoms with van der Waals surface area (Å²) >= 11 is 0. The van der Waals surface area contributed by atoms with Crippen molar-refractivity contribution in [3.63, 3.8) is 0 Å². The van der Waals surface area contributed by atoms with Crippen LogP contribution in [0.5, 0.6) is 0 Å². The van der Waals surface area contributed by atoms with E-state index in [4.69, 9.17) is 9.47 Å². The van der Waals surface area contributed by atoms with E-state index < -0.39 is 31.4 Å². The highest BCUT2D eigenvalue weighted by molar-refractivity contribution is 7.93. The summed E-state index contributed by atoms with van der Waals surface area (Å²) in [7, 11) is -3.69. The number of ether oxygens (including phenoxy) is 2. The van der Waals surface area contributed by atoms with Crippen molar-refractivity contribution in [1.82, 2.24) is 9.80 Å². The number of morpholine rings is 2. The van der Waals surface area contributed by atoms with Crippen molar-refractivity contribution in [3.05, 3.63) is 180 Å². The molecule has 0 saturated carbocycles. The Balaban J connectivity index is 1.07. The molecule has 8 nitrogen and oxygen atoms in total. The lowest BCUT2D eigenvalue weighted by Gasteiger charge is -2.45. The van der Waals surface area contributed by atoms with Gasteiger partial charge in [-0.3, -0.25) is 9.80 Å². The summed E-state index contributed by atoms with van der Waals surface area (Å²) in [5.41, 5.74) is 5.33. The van der Waals surface area contributed by atoms with Gasteiger partial charge in [0, 0.05) is 61.8 Å². The minimum atomic E-state index is -3.69. The summed E-state index contributed by atoms with van der Waals surface area (Å²) in [6, 6.07) is 37.4. The summed E-state index contributed by atoms with van der Waals surface area (Å²) < 4.78 is 40.6. The second-order valence-electron chi connectivity index (χ2n) is 14.6. The van der Waals surface area contributed by atoms with Gasteiger partial charge in [0.1, 0.15) is 0 Å². The van der Waals surface area contributed by atoms with Crippen LogP contribution in [-0.2, 0) is 43.5 Å². The molecule has 2 N–H and O–H groups in total. The number of benzene rings is 4. The molecule has 0 atom stereocenters. The van der Waals surface area contributed by atoms with Gasteiger partial charge >= 0.3 is 0 Å². The molecule has 4 aromatic rings. The van der Waals surface area contributed by atoms with E-state index in [2.05, 4.69) is 105 Å². The van der Waals surface area contributed by atoms with Crippen molar-refractivity contribution in [3.8, 4) is 0 Å². The summed E-state index contributed by atoms with van der Waals surface area (Å²) in [6.07, 6.45) is 16.0. The number of hydrogen-bond donors (Lipinski definition) is 2. The van der Waals surface area contributed by atoms with Crippen molar-refractivity contribution >= 4 is 21.2 Å². The van der Waals surface area contributed by atoms with Gasteiger partial charge in [-0.05, 0) is 23.3 Å². The fourth-order valence-corrected chi connectivity index (χ4v) is 9.93. The predicted molar refractivity (Wildman–Crippen MR) is 222 cm³/mol. The van der Waals surface area contributed by atoms with Gasteiger partial charge in [0.2, 0.25) is 0 Å². The average molecular weight is 755 g/mol. The van der Waals surface area contributed by atoms with E-state index in [1.54, 1.807) is 0 Å². The molecule has 2 aliphatic carbocycles. The van der Waals surface area contributed by atoms with Gasteiger partial charge in [-0.15, -0.1) is 0 Å². The molecular weight excluding hydrogens is 705 g/mol. The maximum Gasteiger partial charge on any atom is 0.170 e. The van der Waals surface area contributed by atoms with Crippen LogP contribution in [0.25, 0.3) is 0 Å². The number of nitrogens with one attached hydrogen (secondary N) is 2. The smallest absolute Gasteiger partial charge is 0.170 e. The number of rotatable bonds is 12. The van der Waals surface area contributed by atoms with Crippen molar-refractivity contribution in [1.29, 1.82) is 0 Å². The zero-order valence-corrected chi connectivity index (χ0v) is 32.0. The molecule has 4 aliphatic rings. The lowest BCUT2D eigenvalue weighted by Crippen LogP contribution is -2.51.